The van der Waals surface area contributed by atoms with Gasteiger partial charge >= 0.3 is 6.03 Å². The number of urea groups is 1. The maximum absolute atomic E-state index is 11.5. The fourth-order valence-corrected chi connectivity index (χ4v) is 1.98. The number of carbonyl (C=O) groups is 1. The van der Waals surface area contributed by atoms with E-state index in [1.165, 1.54) is 12.8 Å². The maximum Gasteiger partial charge on any atom is 0.315 e. The molecule has 0 aromatic heterocycles. The normalized spacial score (nSPS) is 19.3. The Kier molecular flexibility index (Phi) is 4.23. The lowest BCUT2D eigenvalue weighted by atomic mass is 10.0. The van der Waals surface area contributed by atoms with Crippen molar-refractivity contribution in [1.29, 1.82) is 0 Å². The molecule has 0 aromatic rings. The van der Waals surface area contributed by atoms with Crippen molar-refractivity contribution in [3.8, 4) is 0 Å². The van der Waals surface area contributed by atoms with Crippen LogP contribution in [0.1, 0.15) is 52.4 Å². The third kappa shape index (κ3) is 3.56. The van der Waals surface area contributed by atoms with Crippen molar-refractivity contribution in [2.45, 2.75) is 57.9 Å². The first-order chi connectivity index (χ1) is 6.66. The lowest BCUT2D eigenvalue weighted by molar-refractivity contribution is 0.227. The van der Waals surface area contributed by atoms with Gasteiger partial charge in [0.25, 0.3) is 0 Å². The predicted molar refractivity (Wildman–Crippen MR) is 58.3 cm³/mol. The van der Waals surface area contributed by atoms with Gasteiger partial charge in [0.15, 0.2) is 0 Å². The highest BCUT2D eigenvalue weighted by molar-refractivity contribution is 5.74. The monoisotopic (exact) mass is 198 g/mol. The van der Waals surface area contributed by atoms with Crippen molar-refractivity contribution in [2.75, 3.05) is 6.54 Å². The topological polar surface area (TPSA) is 41.1 Å². The zero-order valence-corrected chi connectivity index (χ0v) is 9.36. The van der Waals surface area contributed by atoms with Gasteiger partial charge in [0, 0.05) is 12.1 Å². The summed E-state index contributed by atoms with van der Waals surface area (Å²) in [6.45, 7) is 5.05. The predicted octanol–water partition coefficient (Wildman–Crippen LogP) is 2.42. The van der Waals surface area contributed by atoms with Gasteiger partial charge in [0.2, 0.25) is 0 Å². The van der Waals surface area contributed by atoms with E-state index in [2.05, 4.69) is 24.5 Å². The molecule has 2 N–H and O–H groups in total. The van der Waals surface area contributed by atoms with Crippen molar-refractivity contribution in [2.24, 2.45) is 0 Å². The van der Waals surface area contributed by atoms with Gasteiger partial charge in [0.05, 0.1) is 0 Å². The second-order valence-corrected chi connectivity index (χ2v) is 4.50. The molecule has 0 aliphatic heterocycles. The Balaban J connectivity index is 2.19. The van der Waals surface area contributed by atoms with Crippen molar-refractivity contribution in [3.63, 3.8) is 0 Å². The summed E-state index contributed by atoms with van der Waals surface area (Å²) in [5.41, 5.74) is 0.0519. The molecule has 1 aliphatic carbocycles. The molecule has 0 spiro atoms. The maximum atomic E-state index is 11.5. The molecule has 0 saturated heterocycles. The number of rotatable bonds is 4. The van der Waals surface area contributed by atoms with Crippen LogP contribution in [0.15, 0.2) is 0 Å². The summed E-state index contributed by atoms with van der Waals surface area (Å²) >= 11 is 0. The van der Waals surface area contributed by atoms with Gasteiger partial charge in [-0.15, -0.1) is 0 Å². The summed E-state index contributed by atoms with van der Waals surface area (Å²) in [6.07, 6.45) is 6.90. The lowest BCUT2D eigenvalue weighted by Gasteiger charge is -2.25. The number of unbranched alkanes of at least 4 members (excludes halogenated alkanes) is 1. The second-order valence-electron chi connectivity index (χ2n) is 4.50. The van der Waals surface area contributed by atoms with Gasteiger partial charge in [-0.2, -0.15) is 0 Å². The zero-order valence-electron chi connectivity index (χ0n) is 9.36. The van der Waals surface area contributed by atoms with Crippen molar-refractivity contribution in [3.05, 3.63) is 0 Å². The average molecular weight is 198 g/mol. The van der Waals surface area contributed by atoms with Crippen LogP contribution in [0.5, 0.6) is 0 Å². The third-order valence-corrected chi connectivity index (χ3v) is 2.94. The van der Waals surface area contributed by atoms with Crippen LogP contribution in [0.3, 0.4) is 0 Å². The number of hydrogen-bond acceptors (Lipinski definition) is 1. The Labute approximate surface area is 86.6 Å². The van der Waals surface area contributed by atoms with Crippen molar-refractivity contribution >= 4 is 6.03 Å². The van der Waals surface area contributed by atoms with Crippen LogP contribution < -0.4 is 10.6 Å². The molecule has 1 aliphatic rings. The molecule has 1 saturated carbocycles. The molecule has 0 heterocycles. The van der Waals surface area contributed by atoms with Gasteiger partial charge in [-0.25, -0.2) is 4.79 Å². The SMILES string of the molecule is CCCCNC(=O)NC1(C)CCCC1. The Morgan fingerprint density at radius 3 is 2.57 bits per heavy atom. The third-order valence-electron chi connectivity index (χ3n) is 2.94. The molecule has 14 heavy (non-hydrogen) atoms. The van der Waals surface area contributed by atoms with Gasteiger partial charge in [-0.05, 0) is 26.2 Å². The van der Waals surface area contributed by atoms with E-state index in [0.29, 0.717) is 0 Å². The van der Waals surface area contributed by atoms with Gasteiger partial charge in [0.1, 0.15) is 0 Å². The molecule has 1 fully saturated rings. The number of carbonyl (C=O) groups excluding carboxylic acids is 1. The van der Waals surface area contributed by atoms with Crippen LogP contribution in [-0.4, -0.2) is 18.1 Å². The van der Waals surface area contributed by atoms with Crippen LogP contribution in [0.2, 0.25) is 0 Å². The van der Waals surface area contributed by atoms with Crippen molar-refractivity contribution in [1.82, 2.24) is 10.6 Å². The molecule has 0 radical (unpaired) electrons. The van der Waals surface area contributed by atoms with E-state index < -0.39 is 0 Å². The van der Waals surface area contributed by atoms with Crippen LogP contribution in [0.25, 0.3) is 0 Å². The lowest BCUT2D eigenvalue weighted by Crippen LogP contribution is -2.48. The molecular formula is C11H22N2O. The van der Waals surface area contributed by atoms with Gasteiger partial charge in [-0.1, -0.05) is 26.2 Å². The van der Waals surface area contributed by atoms with Crippen molar-refractivity contribution < 1.29 is 4.79 Å². The minimum atomic E-state index is 0.00264. The zero-order chi connectivity index (χ0) is 10.4. The van der Waals surface area contributed by atoms with E-state index in [9.17, 15) is 4.79 Å². The quantitative estimate of drug-likeness (QED) is 0.669. The summed E-state index contributed by atoms with van der Waals surface area (Å²) in [5.74, 6) is 0. The minimum absolute atomic E-state index is 0.00264. The second kappa shape index (κ2) is 5.23. The van der Waals surface area contributed by atoms with Crippen LogP contribution in [0.4, 0.5) is 4.79 Å². The molecule has 3 nitrogen and oxygen atoms in total. The standard InChI is InChI=1S/C11H22N2O/c1-3-4-9-12-10(14)13-11(2)7-5-6-8-11/h3-9H2,1-2H3,(H2,12,13,14). The fourth-order valence-electron chi connectivity index (χ4n) is 1.98. The molecule has 0 bridgehead atoms. The average Bonchev–Trinajstić information content (AvgIpc) is 2.52. The largest absolute Gasteiger partial charge is 0.338 e. The van der Waals surface area contributed by atoms with E-state index >= 15 is 0 Å². The molecule has 0 aromatic carbocycles. The number of hydrogen-bond donors (Lipinski definition) is 2. The Morgan fingerprint density at radius 2 is 2.00 bits per heavy atom. The van der Waals surface area contributed by atoms with E-state index in [1.807, 2.05) is 0 Å². The van der Waals surface area contributed by atoms with E-state index in [0.717, 1.165) is 32.2 Å². The number of nitrogens with one attached hydrogen (secondary N) is 2. The van der Waals surface area contributed by atoms with Crippen LogP contribution in [-0.2, 0) is 0 Å². The molecule has 1 rings (SSSR count). The molecular weight excluding hydrogens is 176 g/mol. The van der Waals surface area contributed by atoms with Crippen LogP contribution in [0, 0.1) is 0 Å². The highest BCUT2D eigenvalue weighted by Gasteiger charge is 2.29. The van der Waals surface area contributed by atoms with Gasteiger partial charge < -0.3 is 10.6 Å². The minimum Gasteiger partial charge on any atom is -0.338 e. The van der Waals surface area contributed by atoms with E-state index in [-0.39, 0.29) is 11.6 Å². The van der Waals surface area contributed by atoms with E-state index in [1.54, 1.807) is 0 Å². The molecule has 2 amide bonds. The smallest absolute Gasteiger partial charge is 0.315 e. The molecule has 3 heteroatoms. The highest BCUT2D eigenvalue weighted by atomic mass is 16.2. The first-order valence-electron chi connectivity index (χ1n) is 5.72. The Hall–Kier alpha value is -0.730. The highest BCUT2D eigenvalue weighted by Crippen LogP contribution is 2.28. The Bertz CT molecular complexity index is 186. The molecule has 0 unspecified atom stereocenters. The van der Waals surface area contributed by atoms with Crippen LogP contribution >= 0.6 is 0 Å². The summed E-state index contributed by atoms with van der Waals surface area (Å²) in [7, 11) is 0. The summed E-state index contributed by atoms with van der Waals surface area (Å²) in [4.78, 5) is 11.5. The summed E-state index contributed by atoms with van der Waals surface area (Å²) in [5, 5.41) is 5.95. The number of amides is 2. The first-order valence-corrected chi connectivity index (χ1v) is 5.72. The summed E-state index contributed by atoms with van der Waals surface area (Å²) < 4.78 is 0. The summed E-state index contributed by atoms with van der Waals surface area (Å²) in [6, 6.07) is 0.00264. The first kappa shape index (κ1) is 11.3. The Morgan fingerprint density at radius 1 is 1.36 bits per heavy atom. The fraction of sp³-hybridized carbons (Fsp3) is 0.909. The van der Waals surface area contributed by atoms with E-state index in [4.69, 9.17) is 0 Å². The van der Waals surface area contributed by atoms with Gasteiger partial charge in [-0.3, -0.25) is 0 Å². The molecule has 0 atom stereocenters. The molecule has 82 valence electrons.